The summed E-state index contributed by atoms with van der Waals surface area (Å²) in [6, 6.07) is 19.4. The van der Waals surface area contributed by atoms with Crippen LogP contribution in [0.15, 0.2) is 72.8 Å². The summed E-state index contributed by atoms with van der Waals surface area (Å²) in [6.45, 7) is 7.43. The van der Waals surface area contributed by atoms with Crippen molar-refractivity contribution < 1.29 is 184 Å². The van der Waals surface area contributed by atoms with Gasteiger partial charge in [-0.3, -0.25) is 0 Å². The molecule has 0 atom stereocenters. The Morgan fingerprint density at radius 2 is 1.09 bits per heavy atom. The van der Waals surface area contributed by atoms with Gasteiger partial charge in [-0.25, -0.2) is 0 Å². The SMILES string of the molecule is CCOc1ccc([O-])cc1.CCOc1cccc([O-])c1.CCOc1ccccc1[O-].[K+].[K+].[K+]. The standard InChI is InChI=1S/3C8H10O2.3K/c1-2-10-8-5-3-7(9)4-6-8;1-2-10-8-5-3-4-7(9)6-8;1-2-10-8-6-4-3-5-7(8)9;;;/h3*3-6,9H,2H2,1H3;;;/q;;;3*+1/p-3. The maximum Gasteiger partial charge on any atom is 1.00 e. The van der Waals surface area contributed by atoms with Crippen LogP contribution in [0.5, 0.6) is 34.5 Å². The second kappa shape index (κ2) is 25.0. The van der Waals surface area contributed by atoms with E-state index in [2.05, 4.69) is 0 Å². The molecule has 0 heterocycles. The Morgan fingerprint density at radius 1 is 0.545 bits per heavy atom. The minimum atomic E-state index is -0.0515. The van der Waals surface area contributed by atoms with E-state index in [0.29, 0.717) is 31.3 Å². The predicted octanol–water partition coefficient (Wildman–Crippen LogP) is -5.51. The molecule has 0 aliphatic carbocycles. The molecule has 3 aromatic rings. The van der Waals surface area contributed by atoms with Gasteiger partial charge in [0.15, 0.2) is 0 Å². The third kappa shape index (κ3) is 19.2. The third-order valence-electron chi connectivity index (χ3n) is 3.40. The fourth-order valence-corrected chi connectivity index (χ4v) is 2.16. The molecule has 3 aromatic carbocycles. The summed E-state index contributed by atoms with van der Waals surface area (Å²) >= 11 is 0. The van der Waals surface area contributed by atoms with Gasteiger partial charge in [-0.1, -0.05) is 48.2 Å². The van der Waals surface area contributed by atoms with Crippen molar-refractivity contribution in [1.29, 1.82) is 0 Å². The smallest absolute Gasteiger partial charge is 0.872 e. The minimum Gasteiger partial charge on any atom is -0.872 e. The first-order valence-corrected chi connectivity index (χ1v) is 9.68. The summed E-state index contributed by atoms with van der Waals surface area (Å²) in [5, 5.41) is 32.1. The van der Waals surface area contributed by atoms with Crippen molar-refractivity contribution in [1.82, 2.24) is 0 Å². The molecular weight excluding hydrogens is 502 g/mol. The van der Waals surface area contributed by atoms with Gasteiger partial charge in [0.2, 0.25) is 0 Å². The molecule has 9 heteroatoms. The van der Waals surface area contributed by atoms with Crippen molar-refractivity contribution in [3.63, 3.8) is 0 Å². The summed E-state index contributed by atoms with van der Waals surface area (Å²) in [5.74, 6) is 1.79. The van der Waals surface area contributed by atoms with Crippen molar-refractivity contribution in [3.8, 4) is 34.5 Å². The van der Waals surface area contributed by atoms with Crippen LogP contribution in [0.2, 0.25) is 0 Å². The maximum atomic E-state index is 10.9. The number of hydrogen-bond donors (Lipinski definition) is 0. The normalized spacial score (nSPS) is 8.45. The molecule has 162 valence electrons. The van der Waals surface area contributed by atoms with Crippen LogP contribution in [0.25, 0.3) is 0 Å². The Morgan fingerprint density at radius 3 is 1.61 bits per heavy atom. The number of para-hydroxylation sites is 2. The van der Waals surface area contributed by atoms with Crippen LogP contribution in [0.3, 0.4) is 0 Å². The van der Waals surface area contributed by atoms with Crippen molar-refractivity contribution in [2.24, 2.45) is 0 Å². The molecule has 0 spiro atoms. The van der Waals surface area contributed by atoms with Gasteiger partial charge in [0.05, 0.1) is 19.8 Å². The summed E-state index contributed by atoms with van der Waals surface area (Å²) < 4.78 is 15.2. The molecule has 0 radical (unpaired) electrons. The average molecular weight is 529 g/mol. The van der Waals surface area contributed by atoms with E-state index in [-0.39, 0.29) is 171 Å². The van der Waals surface area contributed by atoms with E-state index in [4.69, 9.17) is 14.2 Å². The van der Waals surface area contributed by atoms with Gasteiger partial charge >= 0.3 is 154 Å². The second-order valence-electron chi connectivity index (χ2n) is 5.69. The van der Waals surface area contributed by atoms with Gasteiger partial charge in [0.1, 0.15) is 17.2 Å². The number of rotatable bonds is 6. The first kappa shape index (κ1) is 38.9. The Labute approximate surface area is 324 Å². The summed E-state index contributed by atoms with van der Waals surface area (Å²) in [5.41, 5.74) is 0. The monoisotopic (exact) mass is 528 g/mol. The minimum absolute atomic E-state index is 0. The topological polar surface area (TPSA) is 96.9 Å². The molecule has 0 aromatic heterocycles. The zero-order valence-electron chi connectivity index (χ0n) is 20.5. The van der Waals surface area contributed by atoms with E-state index >= 15 is 0 Å². The molecule has 6 nitrogen and oxygen atoms in total. The molecule has 0 saturated carbocycles. The number of benzene rings is 3. The van der Waals surface area contributed by atoms with Crippen LogP contribution >= 0.6 is 0 Å². The molecule has 0 bridgehead atoms. The van der Waals surface area contributed by atoms with Crippen LogP contribution in [0, 0.1) is 0 Å². The molecule has 0 saturated heterocycles. The van der Waals surface area contributed by atoms with Gasteiger partial charge < -0.3 is 29.5 Å². The van der Waals surface area contributed by atoms with Crippen molar-refractivity contribution >= 4 is 0 Å². The molecule has 0 fully saturated rings. The molecule has 0 unspecified atom stereocenters. The first-order valence-electron chi connectivity index (χ1n) is 9.68. The quantitative estimate of drug-likeness (QED) is 0.296. The molecule has 0 aliphatic heterocycles. The van der Waals surface area contributed by atoms with Crippen LogP contribution in [0.4, 0.5) is 0 Å². The molecule has 33 heavy (non-hydrogen) atoms. The number of ether oxygens (including phenoxy) is 3. The van der Waals surface area contributed by atoms with Crippen molar-refractivity contribution in [2.45, 2.75) is 20.8 Å². The average Bonchev–Trinajstić information content (AvgIpc) is 2.73. The van der Waals surface area contributed by atoms with Gasteiger partial charge in [0, 0.05) is 0 Å². The maximum absolute atomic E-state index is 10.9. The van der Waals surface area contributed by atoms with Gasteiger partial charge in [-0.05, 0) is 51.1 Å². The van der Waals surface area contributed by atoms with Crippen molar-refractivity contribution in [3.05, 3.63) is 72.8 Å². The fraction of sp³-hybridized carbons (Fsp3) is 0.250. The number of hydrogen-bond acceptors (Lipinski definition) is 6. The Kier molecular flexibility index (Phi) is 29.5. The van der Waals surface area contributed by atoms with E-state index < -0.39 is 0 Å². The Balaban J connectivity index is -0.000000391. The molecular formula is C24H27K3O6. The zero-order valence-corrected chi connectivity index (χ0v) is 29.9. The van der Waals surface area contributed by atoms with Gasteiger partial charge in [-0.2, -0.15) is 0 Å². The fourth-order valence-electron chi connectivity index (χ4n) is 2.16. The van der Waals surface area contributed by atoms with Crippen LogP contribution < -0.4 is 184 Å². The van der Waals surface area contributed by atoms with Crippen LogP contribution in [-0.4, -0.2) is 19.8 Å². The summed E-state index contributed by atoms with van der Waals surface area (Å²) in [6.07, 6.45) is 0. The Bertz CT molecular complexity index is 848. The van der Waals surface area contributed by atoms with Gasteiger partial charge in [-0.15, -0.1) is 11.5 Å². The first-order chi connectivity index (χ1) is 14.5. The molecule has 3 rings (SSSR count). The Hall–Kier alpha value is 1.37. The second-order valence-corrected chi connectivity index (χ2v) is 5.69. The largest absolute Gasteiger partial charge is 1.00 e. The van der Waals surface area contributed by atoms with Crippen LogP contribution in [0.1, 0.15) is 20.8 Å². The molecule has 0 aliphatic rings. The van der Waals surface area contributed by atoms with E-state index in [1.54, 1.807) is 42.5 Å². The third-order valence-corrected chi connectivity index (χ3v) is 3.40. The molecule has 0 amide bonds. The van der Waals surface area contributed by atoms with E-state index in [9.17, 15) is 15.3 Å². The van der Waals surface area contributed by atoms with E-state index in [1.807, 2.05) is 20.8 Å². The predicted molar refractivity (Wildman–Crippen MR) is 111 cm³/mol. The zero-order chi connectivity index (χ0) is 22.2. The van der Waals surface area contributed by atoms with Crippen molar-refractivity contribution in [2.75, 3.05) is 19.8 Å². The van der Waals surface area contributed by atoms with Crippen LogP contribution in [-0.2, 0) is 0 Å². The summed E-state index contributed by atoms with van der Waals surface area (Å²) in [7, 11) is 0. The van der Waals surface area contributed by atoms with Gasteiger partial charge in [0.25, 0.3) is 0 Å². The molecule has 0 N–H and O–H groups in total. The van der Waals surface area contributed by atoms with E-state index in [1.165, 1.54) is 30.3 Å². The van der Waals surface area contributed by atoms with E-state index in [0.717, 1.165) is 5.75 Å². The summed E-state index contributed by atoms with van der Waals surface area (Å²) in [4.78, 5) is 0.